The van der Waals surface area contributed by atoms with Crippen molar-refractivity contribution in [1.82, 2.24) is 5.32 Å². The molecule has 1 aromatic rings. The molecular formula is C14H20ClNOS. The normalized spacial score (nSPS) is 21.7. The van der Waals surface area contributed by atoms with Crippen LogP contribution in [-0.4, -0.2) is 29.3 Å². The van der Waals surface area contributed by atoms with Crippen LogP contribution in [0.1, 0.15) is 30.5 Å². The highest BCUT2D eigenvalue weighted by Gasteiger charge is 2.26. The van der Waals surface area contributed by atoms with E-state index in [0.717, 1.165) is 17.9 Å². The molecule has 0 amide bonds. The predicted octanol–water partition coefficient (Wildman–Crippen LogP) is 3.03. The largest absolute Gasteiger partial charge is 0.395 e. The number of hydrogen-bond acceptors (Lipinski definition) is 3. The van der Waals surface area contributed by atoms with Crippen molar-refractivity contribution in [2.24, 2.45) is 0 Å². The molecule has 0 bridgehead atoms. The van der Waals surface area contributed by atoms with E-state index >= 15 is 0 Å². The maximum absolute atomic E-state index is 9.32. The van der Waals surface area contributed by atoms with Crippen LogP contribution in [0.5, 0.6) is 0 Å². The maximum atomic E-state index is 9.32. The third-order valence-electron chi connectivity index (χ3n) is 3.69. The van der Waals surface area contributed by atoms with Gasteiger partial charge in [0.1, 0.15) is 0 Å². The minimum Gasteiger partial charge on any atom is -0.395 e. The fourth-order valence-electron chi connectivity index (χ4n) is 2.62. The molecule has 1 aliphatic rings. The molecule has 100 valence electrons. The smallest absolute Gasteiger partial charge is 0.0564 e. The van der Waals surface area contributed by atoms with Crippen LogP contribution in [0.15, 0.2) is 18.2 Å². The molecule has 0 saturated carbocycles. The van der Waals surface area contributed by atoms with Gasteiger partial charge in [0.2, 0.25) is 0 Å². The third kappa shape index (κ3) is 3.02. The van der Waals surface area contributed by atoms with Crippen molar-refractivity contribution in [2.45, 2.75) is 37.1 Å². The molecule has 3 unspecified atom stereocenters. The van der Waals surface area contributed by atoms with Gasteiger partial charge in [-0.3, -0.25) is 0 Å². The van der Waals surface area contributed by atoms with Crippen LogP contribution in [0.4, 0.5) is 0 Å². The van der Waals surface area contributed by atoms with Crippen LogP contribution < -0.4 is 5.32 Å². The first kappa shape index (κ1) is 14.2. The summed E-state index contributed by atoms with van der Waals surface area (Å²) in [6, 6.07) is 6.86. The van der Waals surface area contributed by atoms with Gasteiger partial charge in [-0.05, 0) is 49.3 Å². The van der Waals surface area contributed by atoms with Gasteiger partial charge in [0.05, 0.1) is 6.61 Å². The second kappa shape index (κ2) is 6.29. The Bertz CT molecular complexity index is 409. The second-order valence-corrected chi connectivity index (χ2v) is 6.36. The summed E-state index contributed by atoms with van der Waals surface area (Å²) in [7, 11) is 0. The van der Waals surface area contributed by atoms with Gasteiger partial charge in [0.25, 0.3) is 0 Å². The number of nitrogens with one attached hydrogen (secondary N) is 1. The number of aliphatic hydroxyl groups excluding tert-OH is 1. The molecule has 0 heterocycles. The monoisotopic (exact) mass is 285 g/mol. The highest BCUT2D eigenvalue weighted by atomic mass is 35.5. The van der Waals surface area contributed by atoms with Crippen molar-refractivity contribution in [1.29, 1.82) is 0 Å². The molecule has 2 N–H and O–H groups in total. The van der Waals surface area contributed by atoms with E-state index in [9.17, 15) is 5.11 Å². The molecule has 2 rings (SSSR count). The first-order valence-electron chi connectivity index (χ1n) is 6.33. The summed E-state index contributed by atoms with van der Waals surface area (Å²) in [5, 5.41) is 14.0. The zero-order valence-electron chi connectivity index (χ0n) is 10.8. The SMILES string of the molecule is CSC(CO)C(C)NC1CCc2cc(Cl)ccc21. The van der Waals surface area contributed by atoms with Crippen LogP contribution in [0.25, 0.3) is 0 Å². The Kier molecular flexibility index (Phi) is 4.96. The number of hydrogen-bond donors (Lipinski definition) is 2. The zero-order chi connectivity index (χ0) is 13.1. The lowest BCUT2D eigenvalue weighted by atomic mass is 10.1. The lowest BCUT2D eigenvalue weighted by Crippen LogP contribution is -2.39. The Morgan fingerprint density at radius 3 is 3.00 bits per heavy atom. The van der Waals surface area contributed by atoms with Crippen LogP contribution in [0, 0.1) is 0 Å². The van der Waals surface area contributed by atoms with Crippen molar-refractivity contribution >= 4 is 23.4 Å². The van der Waals surface area contributed by atoms with Crippen LogP contribution in [-0.2, 0) is 6.42 Å². The first-order valence-corrected chi connectivity index (χ1v) is 8.00. The van der Waals surface area contributed by atoms with E-state index in [2.05, 4.69) is 24.4 Å². The summed E-state index contributed by atoms with van der Waals surface area (Å²) in [6.07, 6.45) is 4.25. The molecule has 0 fully saturated rings. The summed E-state index contributed by atoms with van der Waals surface area (Å²) in [5.41, 5.74) is 2.72. The number of thioether (sulfide) groups is 1. The number of aryl methyl sites for hydroxylation is 1. The Balaban J connectivity index is 2.05. The van der Waals surface area contributed by atoms with Gasteiger partial charge in [-0.25, -0.2) is 0 Å². The minimum atomic E-state index is 0.218. The van der Waals surface area contributed by atoms with E-state index in [1.54, 1.807) is 11.8 Å². The molecule has 18 heavy (non-hydrogen) atoms. The van der Waals surface area contributed by atoms with Crippen molar-refractivity contribution in [3.63, 3.8) is 0 Å². The quantitative estimate of drug-likeness (QED) is 0.872. The van der Waals surface area contributed by atoms with Crippen molar-refractivity contribution in [3.8, 4) is 0 Å². The molecule has 1 aliphatic carbocycles. The van der Waals surface area contributed by atoms with E-state index in [1.165, 1.54) is 11.1 Å². The van der Waals surface area contributed by atoms with Crippen molar-refractivity contribution < 1.29 is 5.11 Å². The second-order valence-electron chi connectivity index (χ2n) is 4.85. The number of halogens is 1. The molecule has 2 nitrogen and oxygen atoms in total. The average Bonchev–Trinajstić information content (AvgIpc) is 2.73. The van der Waals surface area contributed by atoms with Crippen LogP contribution >= 0.6 is 23.4 Å². The Hall–Kier alpha value is -0.220. The zero-order valence-corrected chi connectivity index (χ0v) is 12.4. The number of benzene rings is 1. The van der Waals surface area contributed by atoms with Crippen molar-refractivity contribution in [2.75, 3.05) is 12.9 Å². The summed E-state index contributed by atoms with van der Waals surface area (Å²) >= 11 is 7.73. The minimum absolute atomic E-state index is 0.218. The topological polar surface area (TPSA) is 32.3 Å². The van der Waals surface area contributed by atoms with E-state index in [1.807, 2.05) is 12.3 Å². The van der Waals surface area contributed by atoms with E-state index in [-0.39, 0.29) is 11.9 Å². The van der Waals surface area contributed by atoms with Gasteiger partial charge in [-0.15, -0.1) is 0 Å². The molecule has 0 radical (unpaired) electrons. The maximum Gasteiger partial charge on any atom is 0.0564 e. The number of rotatable bonds is 5. The summed E-state index contributed by atoms with van der Waals surface area (Å²) in [5.74, 6) is 0. The van der Waals surface area contributed by atoms with Crippen LogP contribution in [0.2, 0.25) is 5.02 Å². The lowest BCUT2D eigenvalue weighted by Gasteiger charge is -2.25. The highest BCUT2D eigenvalue weighted by molar-refractivity contribution is 7.99. The highest BCUT2D eigenvalue weighted by Crippen LogP contribution is 2.33. The molecule has 0 saturated heterocycles. The molecule has 1 aromatic carbocycles. The predicted molar refractivity (Wildman–Crippen MR) is 79.5 cm³/mol. The van der Waals surface area contributed by atoms with Gasteiger partial charge in [0, 0.05) is 22.4 Å². The van der Waals surface area contributed by atoms with Gasteiger partial charge in [-0.2, -0.15) is 11.8 Å². The molecular weight excluding hydrogens is 266 g/mol. The van der Waals surface area contributed by atoms with Crippen LogP contribution in [0.3, 0.4) is 0 Å². The molecule has 4 heteroatoms. The summed E-state index contributed by atoms with van der Waals surface area (Å²) in [4.78, 5) is 0. The lowest BCUT2D eigenvalue weighted by molar-refractivity contribution is 0.270. The number of fused-ring (bicyclic) bond motifs is 1. The Morgan fingerprint density at radius 1 is 1.56 bits per heavy atom. The Labute approximate surface area is 118 Å². The van der Waals surface area contributed by atoms with E-state index in [4.69, 9.17) is 11.6 Å². The molecule has 0 aromatic heterocycles. The Morgan fingerprint density at radius 2 is 2.33 bits per heavy atom. The van der Waals surface area contributed by atoms with E-state index in [0.29, 0.717) is 12.1 Å². The van der Waals surface area contributed by atoms with E-state index < -0.39 is 0 Å². The first-order chi connectivity index (χ1) is 8.65. The van der Waals surface area contributed by atoms with Gasteiger partial charge < -0.3 is 10.4 Å². The van der Waals surface area contributed by atoms with Gasteiger partial charge >= 0.3 is 0 Å². The molecule has 0 spiro atoms. The van der Waals surface area contributed by atoms with Gasteiger partial charge in [-0.1, -0.05) is 17.7 Å². The molecule has 3 atom stereocenters. The van der Waals surface area contributed by atoms with Gasteiger partial charge in [0.15, 0.2) is 0 Å². The average molecular weight is 286 g/mol. The standard InChI is InChI=1S/C14H20ClNOS/c1-9(14(8-17)18-2)16-13-6-3-10-7-11(15)4-5-12(10)13/h4-5,7,9,13-14,16-17H,3,6,8H2,1-2H3. The third-order valence-corrected chi connectivity index (χ3v) is 5.09. The number of aliphatic hydroxyl groups is 1. The fraction of sp³-hybridized carbons (Fsp3) is 0.571. The summed E-state index contributed by atoms with van der Waals surface area (Å²) < 4.78 is 0. The molecule has 0 aliphatic heterocycles. The summed E-state index contributed by atoms with van der Waals surface area (Å²) in [6.45, 7) is 2.36. The van der Waals surface area contributed by atoms with Crippen molar-refractivity contribution in [3.05, 3.63) is 34.3 Å². The fourth-order valence-corrected chi connectivity index (χ4v) is 3.45.